The van der Waals surface area contributed by atoms with Crippen LogP contribution in [-0.4, -0.2) is 49.9 Å². The third-order valence-corrected chi connectivity index (χ3v) is 5.37. The number of aryl methyl sites for hydroxylation is 1. The van der Waals surface area contributed by atoms with Crippen LogP contribution in [0, 0.1) is 12.3 Å². The summed E-state index contributed by atoms with van der Waals surface area (Å²) in [6, 6.07) is 2.26. The molecule has 3 heterocycles. The highest BCUT2D eigenvalue weighted by Crippen LogP contribution is 2.49. The minimum absolute atomic E-state index is 0.00552. The molecule has 1 spiro atoms. The lowest BCUT2D eigenvalue weighted by atomic mass is 9.60. The molecule has 7 nitrogen and oxygen atoms in total. The number of carbonyl (C=O) groups is 1. The first-order valence-corrected chi connectivity index (χ1v) is 8.75. The van der Waals surface area contributed by atoms with Crippen LogP contribution in [-0.2, 0) is 0 Å². The van der Waals surface area contributed by atoms with Crippen LogP contribution in [0.25, 0.3) is 0 Å². The molecule has 7 heteroatoms. The van der Waals surface area contributed by atoms with E-state index in [9.17, 15) is 4.79 Å². The van der Waals surface area contributed by atoms with Crippen molar-refractivity contribution in [3.63, 3.8) is 0 Å². The van der Waals surface area contributed by atoms with Gasteiger partial charge in [0.2, 0.25) is 5.95 Å². The quantitative estimate of drug-likeness (QED) is 0.922. The molecule has 1 aliphatic heterocycles. The maximum atomic E-state index is 12.5. The molecule has 1 saturated carbocycles. The molecule has 4 rings (SSSR count). The summed E-state index contributed by atoms with van der Waals surface area (Å²) >= 11 is 0. The molecule has 2 aliphatic rings. The monoisotopic (exact) mass is 338 g/mol. The van der Waals surface area contributed by atoms with Crippen molar-refractivity contribution in [3.8, 4) is 0 Å². The third-order valence-electron chi connectivity index (χ3n) is 5.37. The Labute approximate surface area is 146 Å². The molecular weight excluding hydrogens is 316 g/mol. The van der Waals surface area contributed by atoms with Gasteiger partial charge < -0.3 is 10.2 Å². The number of anilines is 1. The Kier molecular flexibility index (Phi) is 4.07. The van der Waals surface area contributed by atoms with Crippen molar-refractivity contribution in [1.82, 2.24) is 24.8 Å². The van der Waals surface area contributed by atoms with Gasteiger partial charge in [0.1, 0.15) is 5.69 Å². The molecule has 0 radical (unpaired) electrons. The lowest BCUT2D eigenvalue weighted by Crippen LogP contribution is -2.52. The number of nitrogens with zero attached hydrogens (tertiary/aromatic N) is 5. The Morgan fingerprint density at radius 2 is 1.84 bits per heavy atom. The van der Waals surface area contributed by atoms with E-state index in [1.54, 1.807) is 24.8 Å². The SMILES string of the molecule is Cc1cnc(C(=O)N2CCC3(CC2)CC(Nc2ncccn2)C3)cn1. The number of piperidine rings is 1. The molecule has 0 aromatic carbocycles. The number of hydrogen-bond acceptors (Lipinski definition) is 6. The van der Waals surface area contributed by atoms with Gasteiger partial charge in [-0.05, 0) is 44.1 Å². The Hall–Kier alpha value is -2.57. The number of hydrogen-bond donors (Lipinski definition) is 1. The average Bonchev–Trinajstić information content (AvgIpc) is 2.62. The molecular formula is C18H22N6O. The molecule has 25 heavy (non-hydrogen) atoms. The number of nitrogens with one attached hydrogen (secondary N) is 1. The minimum atomic E-state index is -0.00552. The molecule has 0 atom stereocenters. The van der Waals surface area contributed by atoms with Crippen LogP contribution < -0.4 is 5.32 Å². The topological polar surface area (TPSA) is 83.9 Å². The summed E-state index contributed by atoms with van der Waals surface area (Å²) in [5, 5.41) is 3.39. The maximum absolute atomic E-state index is 12.5. The molecule has 1 saturated heterocycles. The summed E-state index contributed by atoms with van der Waals surface area (Å²) in [4.78, 5) is 31.3. The van der Waals surface area contributed by atoms with Gasteiger partial charge in [-0.25, -0.2) is 15.0 Å². The minimum Gasteiger partial charge on any atom is -0.351 e. The molecule has 130 valence electrons. The van der Waals surface area contributed by atoms with Crippen LogP contribution in [0.2, 0.25) is 0 Å². The average molecular weight is 338 g/mol. The van der Waals surface area contributed by atoms with Gasteiger partial charge in [-0.1, -0.05) is 0 Å². The summed E-state index contributed by atoms with van der Waals surface area (Å²) in [5.74, 6) is 0.696. The van der Waals surface area contributed by atoms with E-state index < -0.39 is 0 Å². The van der Waals surface area contributed by atoms with Crippen LogP contribution in [0.1, 0.15) is 41.9 Å². The zero-order valence-electron chi connectivity index (χ0n) is 14.4. The summed E-state index contributed by atoms with van der Waals surface area (Å²) in [6.45, 7) is 3.46. The Bertz CT molecular complexity index is 732. The van der Waals surface area contributed by atoms with E-state index in [1.165, 1.54) is 0 Å². The van der Waals surface area contributed by atoms with Gasteiger partial charge in [0.25, 0.3) is 5.91 Å². The highest BCUT2D eigenvalue weighted by Gasteiger charge is 2.46. The van der Waals surface area contributed by atoms with Gasteiger partial charge in [0.05, 0.1) is 11.9 Å². The zero-order chi connectivity index (χ0) is 17.3. The Balaban J connectivity index is 1.29. The first-order chi connectivity index (χ1) is 12.1. The summed E-state index contributed by atoms with van der Waals surface area (Å²) in [7, 11) is 0. The fraction of sp³-hybridized carbons (Fsp3) is 0.500. The Morgan fingerprint density at radius 3 is 2.48 bits per heavy atom. The van der Waals surface area contributed by atoms with E-state index in [1.807, 2.05) is 17.9 Å². The highest BCUT2D eigenvalue weighted by atomic mass is 16.2. The van der Waals surface area contributed by atoms with E-state index in [4.69, 9.17) is 0 Å². The van der Waals surface area contributed by atoms with Crippen molar-refractivity contribution in [2.24, 2.45) is 5.41 Å². The summed E-state index contributed by atoms with van der Waals surface area (Å²) in [5.41, 5.74) is 1.63. The van der Waals surface area contributed by atoms with Crippen LogP contribution in [0.3, 0.4) is 0 Å². The second-order valence-corrected chi connectivity index (χ2v) is 7.16. The van der Waals surface area contributed by atoms with Crippen molar-refractivity contribution in [3.05, 3.63) is 42.2 Å². The molecule has 1 amide bonds. The number of likely N-dealkylation sites (tertiary alicyclic amines) is 1. The molecule has 2 aromatic heterocycles. The normalized spacial score (nSPS) is 19.5. The van der Waals surface area contributed by atoms with Crippen molar-refractivity contribution in [1.29, 1.82) is 0 Å². The van der Waals surface area contributed by atoms with Gasteiger partial charge in [0, 0.05) is 37.7 Å². The van der Waals surface area contributed by atoms with Gasteiger partial charge in [-0.3, -0.25) is 9.78 Å². The molecule has 0 bridgehead atoms. The second-order valence-electron chi connectivity index (χ2n) is 7.16. The van der Waals surface area contributed by atoms with Crippen LogP contribution >= 0.6 is 0 Å². The van der Waals surface area contributed by atoms with E-state index in [2.05, 4.69) is 25.3 Å². The number of aromatic nitrogens is 4. The van der Waals surface area contributed by atoms with E-state index in [-0.39, 0.29) is 5.91 Å². The molecule has 1 N–H and O–H groups in total. The fourth-order valence-electron chi connectivity index (χ4n) is 3.90. The van der Waals surface area contributed by atoms with Crippen molar-refractivity contribution < 1.29 is 4.79 Å². The Morgan fingerprint density at radius 1 is 1.12 bits per heavy atom. The number of carbonyl (C=O) groups excluding carboxylic acids is 1. The number of amides is 1. The van der Waals surface area contributed by atoms with Crippen LogP contribution in [0.5, 0.6) is 0 Å². The lowest BCUT2D eigenvalue weighted by Gasteiger charge is -2.52. The fourth-order valence-corrected chi connectivity index (χ4v) is 3.90. The number of rotatable bonds is 3. The summed E-state index contributed by atoms with van der Waals surface area (Å²) in [6.07, 6.45) is 11.1. The predicted octanol–water partition coefficient (Wildman–Crippen LogP) is 2.07. The van der Waals surface area contributed by atoms with Crippen molar-refractivity contribution in [2.45, 2.75) is 38.6 Å². The third kappa shape index (κ3) is 3.31. The second kappa shape index (κ2) is 6.38. The van der Waals surface area contributed by atoms with Crippen molar-refractivity contribution >= 4 is 11.9 Å². The smallest absolute Gasteiger partial charge is 0.274 e. The van der Waals surface area contributed by atoms with Gasteiger partial charge in [0.15, 0.2) is 0 Å². The molecule has 2 fully saturated rings. The molecule has 2 aromatic rings. The van der Waals surface area contributed by atoms with Gasteiger partial charge >= 0.3 is 0 Å². The molecule has 1 aliphatic carbocycles. The van der Waals surface area contributed by atoms with Crippen LogP contribution in [0.15, 0.2) is 30.9 Å². The van der Waals surface area contributed by atoms with Crippen LogP contribution in [0.4, 0.5) is 5.95 Å². The summed E-state index contributed by atoms with van der Waals surface area (Å²) < 4.78 is 0. The first-order valence-electron chi connectivity index (χ1n) is 8.75. The largest absolute Gasteiger partial charge is 0.351 e. The lowest BCUT2D eigenvalue weighted by molar-refractivity contribution is 0.0215. The first kappa shape index (κ1) is 15.9. The van der Waals surface area contributed by atoms with Gasteiger partial charge in [-0.15, -0.1) is 0 Å². The van der Waals surface area contributed by atoms with E-state index >= 15 is 0 Å². The van der Waals surface area contributed by atoms with Crippen molar-refractivity contribution in [2.75, 3.05) is 18.4 Å². The highest BCUT2D eigenvalue weighted by molar-refractivity contribution is 5.92. The maximum Gasteiger partial charge on any atom is 0.274 e. The van der Waals surface area contributed by atoms with Gasteiger partial charge in [-0.2, -0.15) is 0 Å². The zero-order valence-corrected chi connectivity index (χ0v) is 14.4. The predicted molar refractivity (Wildman–Crippen MR) is 93.0 cm³/mol. The standard InChI is InChI=1S/C18H22N6O/c1-13-11-22-15(12-21-13)16(25)24-7-3-18(4-8-24)9-14(10-18)23-17-19-5-2-6-20-17/h2,5-6,11-12,14H,3-4,7-10H2,1H3,(H,19,20,23). The molecule has 0 unspecified atom stereocenters. The van der Waals surface area contributed by atoms with E-state index in [0.29, 0.717) is 23.1 Å². The van der Waals surface area contributed by atoms with E-state index in [0.717, 1.165) is 44.5 Å².